The normalized spacial score (nSPS) is 23.4. The van der Waals surface area contributed by atoms with Crippen molar-refractivity contribution >= 4 is 28.8 Å². The molecule has 43 heavy (non-hydrogen) atoms. The van der Waals surface area contributed by atoms with Crippen LogP contribution in [0.15, 0.2) is 53.0 Å². The number of phenols is 1. The Morgan fingerprint density at radius 1 is 1.14 bits per heavy atom. The summed E-state index contributed by atoms with van der Waals surface area (Å²) in [4.78, 5) is 40.6. The summed E-state index contributed by atoms with van der Waals surface area (Å²) in [6.07, 6.45) is -5.02. The Kier molecular flexibility index (Phi) is 7.08. The number of nitrogens with zero attached hydrogens (tertiary/aromatic N) is 1. The maximum absolute atomic E-state index is 13.9. The molecule has 0 bridgehead atoms. The SMILES string of the molecule is CN(C)c1cc(NCc2ccc(OC(F)(F)F)cc2)c(O)c2c1C[C@H]1C[C@H]3CC(O)=C(C(N)=O)C(=O)[C@@]3(O)C(O)=C1C2=O. The van der Waals surface area contributed by atoms with E-state index in [9.17, 15) is 48.0 Å². The Morgan fingerprint density at radius 3 is 2.37 bits per heavy atom. The van der Waals surface area contributed by atoms with Gasteiger partial charge in [0.05, 0.1) is 11.3 Å². The zero-order valence-electron chi connectivity index (χ0n) is 23.0. The highest BCUT2D eigenvalue weighted by Crippen LogP contribution is 2.53. The van der Waals surface area contributed by atoms with Crippen LogP contribution in [0, 0.1) is 11.8 Å². The Hall–Kier alpha value is -4.72. The van der Waals surface area contributed by atoms with Gasteiger partial charge in [0.1, 0.15) is 28.6 Å². The lowest BCUT2D eigenvalue weighted by atomic mass is 9.60. The Labute approximate surface area is 242 Å². The first-order valence-corrected chi connectivity index (χ1v) is 13.2. The van der Waals surface area contributed by atoms with Crippen LogP contribution in [0.4, 0.5) is 24.5 Å². The van der Waals surface area contributed by atoms with Crippen LogP contribution in [0.3, 0.4) is 0 Å². The average molecular weight is 604 g/mol. The van der Waals surface area contributed by atoms with Crippen LogP contribution in [0.2, 0.25) is 0 Å². The molecule has 228 valence electrons. The van der Waals surface area contributed by atoms with E-state index in [1.54, 1.807) is 25.1 Å². The van der Waals surface area contributed by atoms with Gasteiger partial charge in [-0.25, -0.2) is 0 Å². The summed E-state index contributed by atoms with van der Waals surface area (Å²) in [5.41, 5.74) is 2.89. The highest BCUT2D eigenvalue weighted by atomic mass is 19.4. The van der Waals surface area contributed by atoms with Gasteiger partial charge in [0, 0.05) is 44.2 Å². The highest BCUT2D eigenvalue weighted by Gasteiger charge is 2.59. The van der Waals surface area contributed by atoms with Gasteiger partial charge in [-0.05, 0) is 48.1 Å². The highest BCUT2D eigenvalue weighted by molar-refractivity contribution is 6.24. The molecule has 3 atom stereocenters. The fourth-order valence-electron chi connectivity index (χ4n) is 6.21. The minimum Gasteiger partial charge on any atom is -0.511 e. The second kappa shape index (κ2) is 10.2. The average Bonchev–Trinajstić information content (AvgIpc) is 2.90. The van der Waals surface area contributed by atoms with Crippen molar-refractivity contribution in [2.75, 3.05) is 24.3 Å². The van der Waals surface area contributed by atoms with Gasteiger partial charge in [-0.3, -0.25) is 14.4 Å². The molecule has 0 heterocycles. The molecule has 7 N–H and O–H groups in total. The number of anilines is 2. The van der Waals surface area contributed by atoms with E-state index in [2.05, 4.69) is 10.1 Å². The van der Waals surface area contributed by atoms with Gasteiger partial charge in [-0.15, -0.1) is 13.2 Å². The first-order chi connectivity index (χ1) is 20.0. The number of aromatic hydroxyl groups is 1. The number of carbonyl (C=O) groups is 3. The van der Waals surface area contributed by atoms with Gasteiger partial charge in [-0.1, -0.05) is 12.1 Å². The van der Waals surface area contributed by atoms with E-state index in [4.69, 9.17) is 5.73 Å². The molecular formula is C29H28F3N3O8. The number of Topliss-reactive ketones (excluding diaryl/α,β-unsaturated/α-hetero) is 2. The number of aliphatic hydroxyl groups excluding tert-OH is 2. The number of amides is 1. The number of hydrogen-bond donors (Lipinski definition) is 6. The summed E-state index contributed by atoms with van der Waals surface area (Å²) in [6.45, 7) is 0.0396. The van der Waals surface area contributed by atoms with Crippen molar-refractivity contribution in [3.63, 3.8) is 0 Å². The molecule has 0 saturated heterocycles. The van der Waals surface area contributed by atoms with Crippen LogP contribution in [0.5, 0.6) is 11.5 Å². The van der Waals surface area contributed by atoms with Gasteiger partial charge < -0.3 is 41.1 Å². The molecule has 0 aliphatic heterocycles. The molecule has 3 aliphatic rings. The van der Waals surface area contributed by atoms with Gasteiger partial charge >= 0.3 is 6.36 Å². The predicted molar refractivity (Wildman–Crippen MR) is 146 cm³/mol. The number of alkyl halides is 3. The van der Waals surface area contributed by atoms with Crippen molar-refractivity contribution in [3.8, 4) is 11.5 Å². The Balaban J connectivity index is 1.52. The smallest absolute Gasteiger partial charge is 0.511 e. The largest absolute Gasteiger partial charge is 0.573 e. The minimum atomic E-state index is -4.84. The Bertz CT molecular complexity index is 1610. The fourth-order valence-corrected chi connectivity index (χ4v) is 6.21. The van der Waals surface area contributed by atoms with Crippen LogP contribution in [0.25, 0.3) is 0 Å². The monoisotopic (exact) mass is 603 g/mol. The van der Waals surface area contributed by atoms with Crippen molar-refractivity contribution < 1.29 is 52.7 Å². The second-order valence-corrected chi connectivity index (χ2v) is 11.0. The third-order valence-electron chi connectivity index (χ3n) is 8.16. The molecule has 14 heteroatoms. The number of hydrogen-bond acceptors (Lipinski definition) is 10. The number of allylic oxidation sites excluding steroid dienone is 2. The molecule has 3 aliphatic carbocycles. The molecule has 0 spiro atoms. The standard InChI is InChI=1S/C29H28F3N3O8/c1-35(2)18-10-17(34-11-12-3-5-15(6-4-12)43-29(30,31)32)23(37)21-16(18)8-13-7-14-9-19(36)22(27(33)41)26(40)28(14,42)25(39)20(13)24(21)38/h3-6,10,13-14,34,36-37,39,42H,7-9,11H2,1-2H3,(H2,33,41)/t13-,14+,28+/m1/s1. The predicted octanol–water partition coefficient (Wildman–Crippen LogP) is 3.16. The number of carbonyl (C=O) groups excluding carboxylic acids is 3. The van der Waals surface area contributed by atoms with Crippen LogP contribution in [0.1, 0.15) is 34.3 Å². The van der Waals surface area contributed by atoms with Crippen LogP contribution in [-0.2, 0) is 22.6 Å². The van der Waals surface area contributed by atoms with E-state index < -0.39 is 69.9 Å². The first kappa shape index (κ1) is 29.8. The number of phenolic OH excluding ortho intramolecular Hbond substituents is 1. The number of halogens is 3. The zero-order valence-corrected chi connectivity index (χ0v) is 23.0. The third kappa shape index (κ3) is 4.90. The van der Waals surface area contributed by atoms with Crippen molar-refractivity contribution in [2.24, 2.45) is 17.6 Å². The van der Waals surface area contributed by atoms with Crippen LogP contribution < -0.4 is 20.7 Å². The van der Waals surface area contributed by atoms with Crippen molar-refractivity contribution in [3.05, 3.63) is 69.7 Å². The van der Waals surface area contributed by atoms with Crippen molar-refractivity contribution in [2.45, 2.75) is 37.8 Å². The molecule has 11 nitrogen and oxygen atoms in total. The number of nitrogens with one attached hydrogen (secondary N) is 1. The van der Waals surface area contributed by atoms with Gasteiger partial charge in [0.15, 0.2) is 11.4 Å². The lowest BCUT2D eigenvalue weighted by Gasteiger charge is -2.46. The van der Waals surface area contributed by atoms with E-state index in [1.165, 1.54) is 12.1 Å². The number of fused-ring (bicyclic) bond motifs is 3. The number of ketones is 2. The van der Waals surface area contributed by atoms with Crippen molar-refractivity contribution in [1.29, 1.82) is 0 Å². The number of aliphatic hydroxyl groups is 3. The molecule has 2 aromatic carbocycles. The number of rotatable bonds is 6. The van der Waals surface area contributed by atoms with Gasteiger partial charge in [0.2, 0.25) is 5.78 Å². The van der Waals surface area contributed by atoms with E-state index in [-0.39, 0.29) is 42.6 Å². The fraction of sp³-hybridized carbons (Fsp3) is 0.345. The Morgan fingerprint density at radius 2 is 1.79 bits per heavy atom. The van der Waals surface area contributed by atoms with E-state index in [1.807, 2.05) is 0 Å². The number of ether oxygens (including phenoxy) is 1. The molecule has 0 saturated carbocycles. The molecule has 5 rings (SSSR count). The quantitative estimate of drug-likeness (QED) is 0.212. The van der Waals surface area contributed by atoms with E-state index in [0.717, 1.165) is 12.1 Å². The zero-order chi connectivity index (χ0) is 31.6. The second-order valence-electron chi connectivity index (χ2n) is 11.0. The van der Waals surface area contributed by atoms with Gasteiger partial charge in [-0.2, -0.15) is 0 Å². The van der Waals surface area contributed by atoms with Crippen molar-refractivity contribution in [1.82, 2.24) is 0 Å². The molecule has 0 radical (unpaired) electrons. The summed E-state index contributed by atoms with van der Waals surface area (Å²) < 4.78 is 41.3. The third-order valence-corrected chi connectivity index (χ3v) is 8.16. The summed E-state index contributed by atoms with van der Waals surface area (Å²) in [7, 11) is 3.44. The lowest BCUT2D eigenvalue weighted by molar-refractivity contribution is -0.274. The first-order valence-electron chi connectivity index (χ1n) is 13.2. The summed E-state index contributed by atoms with van der Waals surface area (Å²) in [5.74, 6) is -7.59. The van der Waals surface area contributed by atoms with Gasteiger partial charge in [0.25, 0.3) is 5.91 Å². The molecule has 0 unspecified atom stereocenters. The summed E-state index contributed by atoms with van der Waals surface area (Å²) in [5, 5.41) is 47.2. The summed E-state index contributed by atoms with van der Waals surface area (Å²) >= 11 is 0. The minimum absolute atomic E-state index is 0.00456. The maximum atomic E-state index is 13.9. The molecule has 2 aromatic rings. The number of nitrogens with two attached hydrogens (primary N) is 1. The van der Waals surface area contributed by atoms with E-state index in [0.29, 0.717) is 16.8 Å². The molecule has 0 fully saturated rings. The van der Waals surface area contributed by atoms with E-state index >= 15 is 0 Å². The number of benzene rings is 2. The summed E-state index contributed by atoms with van der Waals surface area (Å²) in [6, 6.07) is 6.65. The molecule has 0 aromatic heterocycles. The molecule has 1 amide bonds. The topological polar surface area (TPSA) is 183 Å². The molecular weight excluding hydrogens is 575 g/mol. The van der Waals surface area contributed by atoms with Crippen LogP contribution in [-0.4, -0.2) is 64.0 Å². The van der Waals surface area contributed by atoms with Crippen LogP contribution >= 0.6 is 0 Å². The number of primary amides is 1. The lowest BCUT2D eigenvalue weighted by Crippen LogP contribution is -2.57. The maximum Gasteiger partial charge on any atom is 0.573 e.